The van der Waals surface area contributed by atoms with Gasteiger partial charge in [0.25, 0.3) is 0 Å². The van der Waals surface area contributed by atoms with E-state index in [1.807, 2.05) is 6.92 Å². The second-order valence-corrected chi connectivity index (χ2v) is 7.41. The summed E-state index contributed by atoms with van der Waals surface area (Å²) in [6.45, 7) is 4.12. The molecule has 0 saturated carbocycles. The molecule has 0 heterocycles. The number of ether oxygens (including phenoxy) is 2. The van der Waals surface area contributed by atoms with Gasteiger partial charge in [-0.3, -0.25) is 0 Å². The summed E-state index contributed by atoms with van der Waals surface area (Å²) >= 11 is 0. The van der Waals surface area contributed by atoms with Crippen LogP contribution in [0.4, 0.5) is 13.2 Å². The van der Waals surface area contributed by atoms with E-state index in [9.17, 15) is 13.2 Å². The van der Waals surface area contributed by atoms with Crippen LogP contribution < -0.4 is 0 Å². The van der Waals surface area contributed by atoms with Crippen LogP contribution in [-0.2, 0) is 22.1 Å². The number of methoxy groups -OCH3 is 2. The van der Waals surface area contributed by atoms with Crippen molar-refractivity contribution in [3.63, 3.8) is 0 Å². The topological polar surface area (TPSA) is 18.5 Å². The second kappa shape index (κ2) is 11.7. The molecule has 0 amide bonds. The first-order chi connectivity index (χ1) is 12.8. The lowest BCUT2D eigenvalue weighted by Gasteiger charge is -2.35. The third kappa shape index (κ3) is 8.22. The molecule has 0 aromatic heterocycles. The average Bonchev–Trinajstić information content (AvgIpc) is 2.65. The number of aryl methyl sites for hydroxylation is 1. The van der Waals surface area contributed by atoms with E-state index in [0.717, 1.165) is 25.3 Å². The molecule has 27 heavy (non-hydrogen) atoms. The van der Waals surface area contributed by atoms with Crippen molar-refractivity contribution >= 4 is 0 Å². The van der Waals surface area contributed by atoms with E-state index in [4.69, 9.17) is 9.47 Å². The normalized spacial score (nSPS) is 13.7. The molecule has 1 aromatic carbocycles. The maximum Gasteiger partial charge on any atom is 0.416 e. The Morgan fingerprint density at radius 3 is 2.15 bits per heavy atom. The van der Waals surface area contributed by atoms with Crippen molar-refractivity contribution in [2.75, 3.05) is 14.2 Å². The van der Waals surface area contributed by atoms with Crippen molar-refractivity contribution < 1.29 is 22.6 Å². The maximum atomic E-state index is 12.9. The minimum Gasteiger partial charge on any atom is -0.353 e. The first kappa shape index (κ1) is 24.0. The smallest absolute Gasteiger partial charge is 0.353 e. The molecule has 1 unspecified atom stereocenters. The monoisotopic (exact) mass is 388 g/mol. The number of hydrogen-bond donors (Lipinski definition) is 0. The molecule has 156 valence electrons. The highest BCUT2D eigenvalue weighted by Crippen LogP contribution is 2.33. The Morgan fingerprint density at radius 2 is 1.56 bits per heavy atom. The van der Waals surface area contributed by atoms with E-state index in [-0.39, 0.29) is 5.92 Å². The molecule has 1 rings (SSSR count). The molecule has 0 spiro atoms. The van der Waals surface area contributed by atoms with Crippen molar-refractivity contribution in [1.82, 2.24) is 0 Å². The van der Waals surface area contributed by atoms with E-state index in [0.29, 0.717) is 12.0 Å². The molecule has 0 saturated heterocycles. The predicted octanol–water partition coefficient (Wildman–Crippen LogP) is 7.01. The summed E-state index contributed by atoms with van der Waals surface area (Å²) in [5.74, 6) is -0.585. The summed E-state index contributed by atoms with van der Waals surface area (Å²) in [6, 6.07) is 5.60. The first-order valence-electron chi connectivity index (χ1n) is 10.0. The fourth-order valence-corrected chi connectivity index (χ4v) is 3.50. The molecule has 1 aromatic rings. The van der Waals surface area contributed by atoms with Crippen molar-refractivity contribution in [2.24, 2.45) is 5.92 Å². The zero-order valence-electron chi connectivity index (χ0n) is 17.2. The van der Waals surface area contributed by atoms with Gasteiger partial charge in [0.2, 0.25) is 0 Å². The lowest BCUT2D eigenvalue weighted by Crippen LogP contribution is -2.39. The maximum absolute atomic E-state index is 12.9. The third-order valence-electron chi connectivity index (χ3n) is 5.49. The number of alkyl halides is 3. The van der Waals surface area contributed by atoms with Crippen LogP contribution in [0, 0.1) is 5.92 Å². The van der Waals surface area contributed by atoms with Gasteiger partial charge in [-0.25, -0.2) is 0 Å². The van der Waals surface area contributed by atoms with Gasteiger partial charge in [0, 0.05) is 20.1 Å². The lowest BCUT2D eigenvalue weighted by molar-refractivity contribution is -0.229. The SMILES string of the molecule is CCCCCCCCC(CCc1cccc(C(F)(F)F)c1)C(C)(OC)OC. The Bertz CT molecular complexity index is 525. The average molecular weight is 389 g/mol. The van der Waals surface area contributed by atoms with Crippen LogP contribution in [0.25, 0.3) is 0 Å². The van der Waals surface area contributed by atoms with Crippen LogP contribution in [0.15, 0.2) is 24.3 Å². The van der Waals surface area contributed by atoms with Crippen molar-refractivity contribution in [3.05, 3.63) is 35.4 Å². The number of hydrogen-bond acceptors (Lipinski definition) is 2. The molecular weight excluding hydrogens is 353 g/mol. The molecule has 0 N–H and O–H groups in total. The fourth-order valence-electron chi connectivity index (χ4n) is 3.50. The van der Waals surface area contributed by atoms with Gasteiger partial charge in [-0.2, -0.15) is 13.2 Å². The Kier molecular flexibility index (Phi) is 10.4. The summed E-state index contributed by atoms with van der Waals surface area (Å²) in [7, 11) is 3.25. The number of benzene rings is 1. The largest absolute Gasteiger partial charge is 0.416 e. The third-order valence-corrected chi connectivity index (χ3v) is 5.49. The first-order valence-corrected chi connectivity index (χ1v) is 10.0. The molecule has 0 radical (unpaired) electrons. The second-order valence-electron chi connectivity index (χ2n) is 7.41. The molecule has 2 nitrogen and oxygen atoms in total. The van der Waals surface area contributed by atoms with Crippen molar-refractivity contribution in [2.45, 2.75) is 83.6 Å². The number of halogens is 3. The lowest BCUT2D eigenvalue weighted by atomic mass is 9.87. The summed E-state index contributed by atoms with van der Waals surface area (Å²) in [5.41, 5.74) is 0.112. The van der Waals surface area contributed by atoms with Crippen LogP contribution in [0.1, 0.15) is 76.3 Å². The van der Waals surface area contributed by atoms with Crippen LogP contribution in [0.5, 0.6) is 0 Å². The predicted molar refractivity (Wildman–Crippen MR) is 104 cm³/mol. The van der Waals surface area contributed by atoms with Crippen molar-refractivity contribution in [1.29, 1.82) is 0 Å². The van der Waals surface area contributed by atoms with E-state index >= 15 is 0 Å². The van der Waals surface area contributed by atoms with Gasteiger partial charge in [-0.15, -0.1) is 0 Å². The summed E-state index contributed by atoms with van der Waals surface area (Å²) in [4.78, 5) is 0. The number of rotatable bonds is 13. The fraction of sp³-hybridized carbons (Fsp3) is 0.727. The van der Waals surface area contributed by atoms with Gasteiger partial charge < -0.3 is 9.47 Å². The summed E-state index contributed by atoms with van der Waals surface area (Å²) in [6.07, 6.45) is 5.19. The highest BCUT2D eigenvalue weighted by Gasteiger charge is 2.34. The van der Waals surface area contributed by atoms with Gasteiger partial charge in [-0.05, 0) is 37.8 Å². The summed E-state index contributed by atoms with van der Waals surface area (Å²) in [5, 5.41) is 0. The van der Waals surface area contributed by atoms with Gasteiger partial charge in [0.05, 0.1) is 5.56 Å². The van der Waals surface area contributed by atoms with Crippen molar-refractivity contribution in [3.8, 4) is 0 Å². The standard InChI is InChI=1S/C22H35F3O2/c1-5-6-7-8-9-10-13-19(21(2,26-3)27-4)16-15-18-12-11-14-20(17-18)22(23,24)25/h11-12,14,17,19H,5-10,13,15-16H2,1-4H3. The molecule has 0 bridgehead atoms. The van der Waals surface area contributed by atoms with Crippen LogP contribution in [-0.4, -0.2) is 20.0 Å². The molecule has 0 fully saturated rings. The number of unbranched alkanes of at least 4 members (excludes halogenated alkanes) is 5. The Labute approximate surface area is 162 Å². The minimum absolute atomic E-state index is 0.133. The summed E-state index contributed by atoms with van der Waals surface area (Å²) < 4.78 is 50.0. The van der Waals surface area contributed by atoms with E-state index in [2.05, 4.69) is 6.92 Å². The molecule has 0 aliphatic carbocycles. The van der Waals surface area contributed by atoms with E-state index in [1.54, 1.807) is 20.3 Å². The minimum atomic E-state index is -4.30. The quantitative estimate of drug-likeness (QED) is 0.267. The van der Waals surface area contributed by atoms with Gasteiger partial charge in [0.15, 0.2) is 5.79 Å². The van der Waals surface area contributed by atoms with Crippen LogP contribution in [0.3, 0.4) is 0 Å². The van der Waals surface area contributed by atoms with Crippen LogP contribution >= 0.6 is 0 Å². The van der Waals surface area contributed by atoms with Crippen LogP contribution in [0.2, 0.25) is 0 Å². The molecule has 0 aliphatic rings. The Balaban J connectivity index is 2.68. The molecule has 1 atom stereocenters. The highest BCUT2D eigenvalue weighted by molar-refractivity contribution is 5.25. The Hall–Kier alpha value is -1.07. The van der Waals surface area contributed by atoms with E-state index in [1.165, 1.54) is 44.2 Å². The van der Waals surface area contributed by atoms with Gasteiger partial charge in [0.1, 0.15) is 0 Å². The molecule has 5 heteroatoms. The molecular formula is C22H35F3O2. The van der Waals surface area contributed by atoms with Gasteiger partial charge in [-0.1, -0.05) is 63.6 Å². The Morgan fingerprint density at radius 1 is 0.926 bits per heavy atom. The van der Waals surface area contributed by atoms with E-state index < -0.39 is 17.5 Å². The molecule has 0 aliphatic heterocycles. The zero-order chi connectivity index (χ0) is 20.3. The zero-order valence-corrected chi connectivity index (χ0v) is 17.2. The highest BCUT2D eigenvalue weighted by atomic mass is 19.4. The van der Waals surface area contributed by atoms with Gasteiger partial charge >= 0.3 is 6.18 Å².